The Bertz CT molecular complexity index is 395. The Labute approximate surface area is 90.9 Å². The molecule has 0 saturated heterocycles. The highest BCUT2D eigenvalue weighted by molar-refractivity contribution is 5.46. The third kappa shape index (κ3) is 2.25. The Balaban J connectivity index is 3.40. The van der Waals surface area contributed by atoms with E-state index < -0.39 is 34.8 Å². The smallest absolute Gasteiger partial charge is 0.375 e. The molecule has 0 saturated carbocycles. The summed E-state index contributed by atoms with van der Waals surface area (Å²) < 4.78 is 53.2. The number of nitrogens with one attached hydrogen (secondary N) is 1. The molecule has 1 rings (SSSR count). The van der Waals surface area contributed by atoms with Crippen LogP contribution in [0.4, 0.5) is 23.2 Å². The second-order valence-corrected chi connectivity index (χ2v) is 4.52. The second kappa shape index (κ2) is 3.92. The van der Waals surface area contributed by atoms with Gasteiger partial charge in [0.05, 0.1) is 0 Å². The maximum absolute atomic E-state index is 13.4. The minimum absolute atomic E-state index is 0.179. The normalized spacial score (nSPS) is 11.8. The number of halogens is 4. The molecule has 2 nitrogen and oxygen atoms in total. The number of anilines is 1. The first-order valence-corrected chi connectivity index (χ1v) is 4.65. The minimum Gasteiger partial charge on any atom is -0.375 e. The van der Waals surface area contributed by atoms with Gasteiger partial charge in [0.1, 0.15) is 12.7 Å². The first kappa shape index (κ1) is 12.7. The van der Waals surface area contributed by atoms with Gasteiger partial charge >= 0.3 is 11.9 Å². The summed E-state index contributed by atoms with van der Waals surface area (Å²) in [6.07, 6.45) is 0. The average molecular weight is 237 g/mol. The maximum Gasteiger partial charge on any atom is 0.400 e. The molecular weight excluding hydrogens is 224 g/mol. The lowest BCUT2D eigenvalue weighted by molar-refractivity contribution is -0.730. The summed E-state index contributed by atoms with van der Waals surface area (Å²) in [5.41, 5.74) is -1.50. The Morgan fingerprint density at radius 3 is 1.62 bits per heavy atom. The number of hydrogen-bond donors (Lipinski definition) is 1. The van der Waals surface area contributed by atoms with Crippen molar-refractivity contribution in [2.75, 3.05) is 5.32 Å². The van der Waals surface area contributed by atoms with Gasteiger partial charge < -0.3 is 5.32 Å². The molecule has 0 unspecified atom stereocenters. The fraction of sp³-hybridized carbons (Fsp3) is 0.500. The van der Waals surface area contributed by atoms with E-state index in [0.29, 0.717) is 0 Å². The van der Waals surface area contributed by atoms with Crippen molar-refractivity contribution in [1.82, 2.24) is 0 Å². The van der Waals surface area contributed by atoms with E-state index in [1.165, 1.54) is 0 Å². The lowest BCUT2D eigenvalue weighted by Gasteiger charge is -2.22. The number of nitrogens with zero attached hydrogens (tertiary/aromatic N) is 1. The molecule has 0 radical (unpaired) electrons. The van der Waals surface area contributed by atoms with Crippen LogP contribution in [0.3, 0.4) is 0 Å². The largest absolute Gasteiger partial charge is 0.400 e. The molecule has 1 heterocycles. The number of hydrogen-bond acceptors (Lipinski definition) is 1. The van der Waals surface area contributed by atoms with Crippen LogP contribution < -0.4 is 9.88 Å². The van der Waals surface area contributed by atoms with Crippen LogP contribution >= 0.6 is 0 Å². The van der Waals surface area contributed by atoms with Gasteiger partial charge in [0, 0.05) is 5.54 Å². The maximum atomic E-state index is 13.4. The van der Waals surface area contributed by atoms with Crippen molar-refractivity contribution < 1.29 is 22.1 Å². The highest BCUT2D eigenvalue weighted by Crippen LogP contribution is 2.24. The van der Waals surface area contributed by atoms with E-state index in [4.69, 9.17) is 0 Å². The summed E-state index contributed by atoms with van der Waals surface area (Å²) in [4.78, 5) is 0. The van der Waals surface area contributed by atoms with E-state index in [1.807, 2.05) is 0 Å². The average Bonchev–Trinajstić information content (AvgIpc) is 2.17. The quantitative estimate of drug-likeness (QED) is 0.450. The molecular formula is C10H13F4N2+. The summed E-state index contributed by atoms with van der Waals surface area (Å²) in [5, 5.41) is 2.38. The summed E-state index contributed by atoms with van der Waals surface area (Å²) in [5.74, 6) is -5.77. The zero-order valence-corrected chi connectivity index (χ0v) is 9.46. The van der Waals surface area contributed by atoms with Crippen LogP contribution in [0.2, 0.25) is 0 Å². The molecule has 0 aliphatic rings. The third-order valence-electron chi connectivity index (χ3n) is 1.89. The molecule has 90 valence electrons. The molecule has 0 bridgehead atoms. The van der Waals surface area contributed by atoms with Crippen molar-refractivity contribution >= 4 is 5.69 Å². The molecule has 0 fully saturated rings. The van der Waals surface area contributed by atoms with E-state index in [9.17, 15) is 17.6 Å². The van der Waals surface area contributed by atoms with Crippen molar-refractivity contribution in [2.45, 2.75) is 26.3 Å². The van der Waals surface area contributed by atoms with Crippen molar-refractivity contribution in [3.63, 3.8) is 0 Å². The first-order valence-electron chi connectivity index (χ1n) is 4.65. The van der Waals surface area contributed by atoms with Gasteiger partial charge in [-0.25, -0.2) is 0 Å². The monoisotopic (exact) mass is 237 g/mol. The van der Waals surface area contributed by atoms with Crippen LogP contribution in [0.1, 0.15) is 20.8 Å². The van der Waals surface area contributed by atoms with Crippen LogP contribution in [0.15, 0.2) is 0 Å². The summed E-state index contributed by atoms with van der Waals surface area (Å²) in [7, 11) is 0.900. The molecule has 1 aromatic heterocycles. The topological polar surface area (TPSA) is 15.9 Å². The van der Waals surface area contributed by atoms with Gasteiger partial charge in [0.2, 0.25) is 0 Å². The standard InChI is InChI=1S/C10H12F4N2/c1-10(2,3)15-7-5(11)8(13)16(4)9(14)6(7)12/h1-4H3/p+1. The number of aromatic nitrogens is 1. The van der Waals surface area contributed by atoms with Crippen LogP contribution in [0.5, 0.6) is 0 Å². The fourth-order valence-corrected chi connectivity index (χ4v) is 1.17. The van der Waals surface area contributed by atoms with E-state index in [0.717, 1.165) is 7.05 Å². The molecule has 0 spiro atoms. The zero-order chi connectivity index (χ0) is 12.7. The van der Waals surface area contributed by atoms with E-state index in [1.54, 1.807) is 20.8 Å². The van der Waals surface area contributed by atoms with Gasteiger partial charge in [-0.3, -0.25) is 0 Å². The van der Waals surface area contributed by atoms with Gasteiger partial charge in [-0.1, -0.05) is 0 Å². The highest BCUT2D eigenvalue weighted by atomic mass is 19.2. The van der Waals surface area contributed by atoms with Gasteiger partial charge in [0.15, 0.2) is 0 Å². The van der Waals surface area contributed by atoms with Crippen LogP contribution in [0.25, 0.3) is 0 Å². The summed E-state index contributed by atoms with van der Waals surface area (Å²) in [6.45, 7) is 4.86. The van der Waals surface area contributed by atoms with E-state index >= 15 is 0 Å². The highest BCUT2D eigenvalue weighted by Gasteiger charge is 2.31. The Kier molecular flexibility index (Phi) is 3.12. The molecule has 0 aromatic carbocycles. The summed E-state index contributed by atoms with van der Waals surface area (Å²) >= 11 is 0. The lowest BCUT2D eigenvalue weighted by Crippen LogP contribution is -2.41. The van der Waals surface area contributed by atoms with Crippen LogP contribution in [-0.2, 0) is 7.05 Å². The minimum atomic E-state index is -1.45. The lowest BCUT2D eigenvalue weighted by atomic mass is 10.1. The predicted molar refractivity (Wildman–Crippen MR) is 50.8 cm³/mol. The Hall–Kier alpha value is -1.33. The van der Waals surface area contributed by atoms with Crippen molar-refractivity contribution in [1.29, 1.82) is 0 Å². The molecule has 1 N–H and O–H groups in total. The Morgan fingerprint density at radius 2 is 1.31 bits per heavy atom. The third-order valence-corrected chi connectivity index (χ3v) is 1.89. The van der Waals surface area contributed by atoms with Crippen molar-refractivity contribution in [3.05, 3.63) is 23.5 Å². The Morgan fingerprint density at radius 1 is 0.938 bits per heavy atom. The van der Waals surface area contributed by atoms with Crippen LogP contribution in [-0.4, -0.2) is 5.54 Å². The molecule has 0 amide bonds. The van der Waals surface area contributed by atoms with E-state index in [-0.39, 0.29) is 4.57 Å². The van der Waals surface area contributed by atoms with Crippen LogP contribution in [0, 0.1) is 23.5 Å². The predicted octanol–water partition coefficient (Wildman–Crippen LogP) is 2.28. The number of rotatable bonds is 1. The molecule has 1 aromatic rings. The van der Waals surface area contributed by atoms with Crippen molar-refractivity contribution in [3.8, 4) is 0 Å². The van der Waals surface area contributed by atoms with E-state index in [2.05, 4.69) is 5.32 Å². The van der Waals surface area contributed by atoms with Gasteiger partial charge in [-0.15, -0.1) is 13.3 Å². The van der Waals surface area contributed by atoms with Gasteiger partial charge in [0.25, 0.3) is 11.6 Å². The molecule has 0 aliphatic heterocycles. The molecule has 6 heteroatoms. The zero-order valence-electron chi connectivity index (χ0n) is 9.46. The fourth-order valence-electron chi connectivity index (χ4n) is 1.17. The first-order chi connectivity index (χ1) is 7.15. The van der Waals surface area contributed by atoms with Gasteiger partial charge in [-0.2, -0.15) is 8.78 Å². The molecule has 0 aliphatic carbocycles. The number of pyridine rings is 1. The molecule has 16 heavy (non-hydrogen) atoms. The second-order valence-electron chi connectivity index (χ2n) is 4.52. The summed E-state index contributed by atoms with van der Waals surface area (Å²) in [6, 6.07) is 0. The van der Waals surface area contributed by atoms with Crippen molar-refractivity contribution in [2.24, 2.45) is 7.05 Å². The van der Waals surface area contributed by atoms with Gasteiger partial charge in [-0.05, 0) is 20.8 Å². The SMILES string of the molecule is C[n+]1c(F)c(F)c(NC(C)(C)C)c(F)c1F. The molecule has 0 atom stereocenters.